The van der Waals surface area contributed by atoms with Crippen LogP contribution < -0.4 is 0 Å². The van der Waals surface area contributed by atoms with E-state index < -0.39 is 0 Å². The maximum atomic E-state index is 10.6. The van der Waals surface area contributed by atoms with Crippen molar-refractivity contribution in [2.45, 2.75) is 58.3 Å². The van der Waals surface area contributed by atoms with Crippen molar-refractivity contribution in [2.75, 3.05) is 0 Å². The van der Waals surface area contributed by atoms with Crippen molar-refractivity contribution in [3.05, 3.63) is 0 Å². The van der Waals surface area contributed by atoms with Crippen molar-refractivity contribution in [1.82, 2.24) is 0 Å². The number of halogens is 1. The van der Waals surface area contributed by atoms with E-state index in [4.69, 9.17) is 11.6 Å². The number of Topliss-reactive ketones (excluding diaryl/α,β-unsaturated/α-hetero) is 1. The summed E-state index contributed by atoms with van der Waals surface area (Å²) in [6.07, 6.45) is 7.59. The summed E-state index contributed by atoms with van der Waals surface area (Å²) in [4.78, 5) is 21.0. The van der Waals surface area contributed by atoms with Gasteiger partial charge in [-0.25, -0.2) is 0 Å². The summed E-state index contributed by atoms with van der Waals surface area (Å²) in [5.74, 6) is 0.276. The molecule has 0 N–H and O–H groups in total. The number of hydrogen-bond donors (Lipinski definition) is 0. The van der Waals surface area contributed by atoms with Gasteiger partial charge in [-0.2, -0.15) is 0 Å². The average Bonchev–Trinajstić information content (AvgIpc) is 2.08. The second-order valence-corrected chi connectivity index (χ2v) is 4.10. The van der Waals surface area contributed by atoms with E-state index in [0.29, 0.717) is 12.8 Å². The summed E-state index contributed by atoms with van der Waals surface area (Å²) in [5.41, 5.74) is 0. The van der Waals surface area contributed by atoms with Gasteiger partial charge in [0, 0.05) is 12.8 Å². The molecular weight excluding hydrogens is 200 g/mol. The van der Waals surface area contributed by atoms with Gasteiger partial charge in [0.1, 0.15) is 5.78 Å². The first kappa shape index (κ1) is 13.6. The smallest absolute Gasteiger partial charge is 0.221 e. The minimum Gasteiger partial charge on any atom is -0.300 e. The van der Waals surface area contributed by atoms with E-state index in [1.165, 1.54) is 0 Å². The lowest BCUT2D eigenvalue weighted by Gasteiger charge is -1.99. The molecule has 2 nitrogen and oxygen atoms in total. The largest absolute Gasteiger partial charge is 0.300 e. The maximum Gasteiger partial charge on any atom is 0.221 e. The molecule has 0 bridgehead atoms. The first-order valence-electron chi connectivity index (χ1n) is 5.30. The van der Waals surface area contributed by atoms with Crippen LogP contribution in [0.3, 0.4) is 0 Å². The van der Waals surface area contributed by atoms with Gasteiger partial charge in [0.25, 0.3) is 0 Å². The topological polar surface area (TPSA) is 34.1 Å². The monoisotopic (exact) mass is 218 g/mol. The van der Waals surface area contributed by atoms with Crippen LogP contribution in [0.25, 0.3) is 0 Å². The second kappa shape index (κ2) is 9.20. The lowest BCUT2D eigenvalue weighted by atomic mass is 10.1. The zero-order valence-corrected chi connectivity index (χ0v) is 9.61. The molecule has 0 aromatic heterocycles. The van der Waals surface area contributed by atoms with Crippen molar-refractivity contribution in [3.8, 4) is 0 Å². The highest BCUT2D eigenvalue weighted by atomic mass is 35.5. The Morgan fingerprint density at radius 2 is 1.29 bits per heavy atom. The van der Waals surface area contributed by atoms with E-state index in [2.05, 4.69) is 0 Å². The molecule has 0 radical (unpaired) electrons. The Balaban J connectivity index is 2.99. The normalized spacial score (nSPS) is 10.1. The van der Waals surface area contributed by atoms with Gasteiger partial charge in [-0.3, -0.25) is 4.79 Å². The molecule has 0 aromatic carbocycles. The lowest BCUT2D eigenvalue weighted by Crippen LogP contribution is -1.90. The number of unbranched alkanes of at least 4 members (excludes halogenated alkanes) is 5. The fraction of sp³-hybridized carbons (Fsp3) is 0.818. The first-order chi connectivity index (χ1) is 6.63. The van der Waals surface area contributed by atoms with E-state index >= 15 is 0 Å². The fourth-order valence-corrected chi connectivity index (χ4v) is 1.48. The molecule has 82 valence electrons. The predicted molar refractivity (Wildman–Crippen MR) is 58.5 cm³/mol. The van der Waals surface area contributed by atoms with Crippen molar-refractivity contribution >= 4 is 22.6 Å². The third kappa shape index (κ3) is 11.6. The summed E-state index contributed by atoms with van der Waals surface area (Å²) in [5, 5.41) is -0.235. The molecule has 0 saturated heterocycles. The summed E-state index contributed by atoms with van der Waals surface area (Å²) in [7, 11) is 0. The second-order valence-electron chi connectivity index (χ2n) is 3.68. The molecule has 0 unspecified atom stereocenters. The van der Waals surface area contributed by atoms with E-state index in [-0.39, 0.29) is 11.0 Å². The number of carbonyl (C=O) groups is 2. The van der Waals surface area contributed by atoms with Crippen LogP contribution in [0.1, 0.15) is 58.3 Å². The predicted octanol–water partition coefficient (Wildman–Crippen LogP) is 3.46. The van der Waals surface area contributed by atoms with Crippen LogP contribution in [0.15, 0.2) is 0 Å². The molecule has 0 spiro atoms. The molecule has 0 atom stereocenters. The number of ketones is 1. The Hall–Kier alpha value is -0.370. The zero-order chi connectivity index (χ0) is 10.8. The maximum absolute atomic E-state index is 10.6. The molecule has 0 aromatic rings. The molecule has 3 heteroatoms. The molecule has 0 saturated carbocycles. The molecule has 0 aliphatic carbocycles. The minimum absolute atomic E-state index is 0.235. The number of carbonyl (C=O) groups excluding carboxylic acids is 2. The van der Waals surface area contributed by atoms with Gasteiger partial charge in [-0.15, -0.1) is 0 Å². The molecule has 14 heavy (non-hydrogen) atoms. The van der Waals surface area contributed by atoms with Crippen LogP contribution >= 0.6 is 11.6 Å². The third-order valence-electron chi connectivity index (χ3n) is 2.15. The lowest BCUT2D eigenvalue weighted by molar-refractivity contribution is -0.117. The first-order valence-corrected chi connectivity index (χ1v) is 5.68. The number of hydrogen-bond acceptors (Lipinski definition) is 2. The Morgan fingerprint density at radius 1 is 0.857 bits per heavy atom. The van der Waals surface area contributed by atoms with Crippen LogP contribution in [0.5, 0.6) is 0 Å². The summed E-state index contributed by atoms with van der Waals surface area (Å²) < 4.78 is 0. The molecular formula is C11H19ClO2. The third-order valence-corrected chi connectivity index (χ3v) is 2.34. The minimum atomic E-state index is -0.235. The van der Waals surface area contributed by atoms with Crippen molar-refractivity contribution in [2.24, 2.45) is 0 Å². The average molecular weight is 219 g/mol. The van der Waals surface area contributed by atoms with Crippen LogP contribution in [-0.4, -0.2) is 11.0 Å². The molecule has 0 rings (SSSR count). The summed E-state index contributed by atoms with van der Waals surface area (Å²) in [6.45, 7) is 1.63. The standard InChI is InChI=1S/C11H19ClO2/c1-10(13)8-6-4-2-3-5-7-9-11(12)14/h2-9H2,1H3. The van der Waals surface area contributed by atoms with Gasteiger partial charge in [0.2, 0.25) is 5.24 Å². The Bertz CT molecular complexity index is 158. The van der Waals surface area contributed by atoms with Crippen LogP contribution in [-0.2, 0) is 9.59 Å². The number of rotatable bonds is 9. The van der Waals surface area contributed by atoms with Crippen LogP contribution in [0.4, 0.5) is 0 Å². The Labute approximate surface area is 91.0 Å². The summed E-state index contributed by atoms with van der Waals surface area (Å²) >= 11 is 5.20. The molecule has 0 heterocycles. The highest BCUT2D eigenvalue weighted by molar-refractivity contribution is 6.63. The molecule has 0 aliphatic heterocycles. The fourth-order valence-electron chi connectivity index (χ4n) is 1.35. The van der Waals surface area contributed by atoms with Gasteiger partial charge in [0.15, 0.2) is 0 Å². The van der Waals surface area contributed by atoms with Crippen LogP contribution in [0.2, 0.25) is 0 Å². The summed E-state index contributed by atoms with van der Waals surface area (Å²) in [6, 6.07) is 0. The van der Waals surface area contributed by atoms with Gasteiger partial charge >= 0.3 is 0 Å². The van der Waals surface area contributed by atoms with Crippen molar-refractivity contribution < 1.29 is 9.59 Å². The van der Waals surface area contributed by atoms with E-state index in [1.54, 1.807) is 6.92 Å². The quantitative estimate of drug-likeness (QED) is 0.439. The van der Waals surface area contributed by atoms with Crippen molar-refractivity contribution in [3.63, 3.8) is 0 Å². The van der Waals surface area contributed by atoms with E-state index in [1.807, 2.05) is 0 Å². The molecule has 0 aliphatic rings. The highest BCUT2D eigenvalue weighted by Crippen LogP contribution is 2.09. The van der Waals surface area contributed by atoms with Gasteiger partial charge in [-0.1, -0.05) is 25.7 Å². The Kier molecular flexibility index (Phi) is 8.95. The SMILES string of the molecule is CC(=O)CCCCCCCCC(=O)Cl. The van der Waals surface area contributed by atoms with Gasteiger partial charge < -0.3 is 4.79 Å². The van der Waals surface area contributed by atoms with Gasteiger partial charge in [-0.05, 0) is 31.4 Å². The van der Waals surface area contributed by atoms with Crippen LogP contribution in [0, 0.1) is 0 Å². The highest BCUT2D eigenvalue weighted by Gasteiger charge is 1.96. The molecule has 0 fully saturated rings. The Morgan fingerprint density at radius 3 is 1.71 bits per heavy atom. The van der Waals surface area contributed by atoms with E-state index in [0.717, 1.165) is 38.5 Å². The molecule has 0 amide bonds. The van der Waals surface area contributed by atoms with E-state index in [9.17, 15) is 9.59 Å². The zero-order valence-electron chi connectivity index (χ0n) is 8.85. The van der Waals surface area contributed by atoms with Gasteiger partial charge in [0.05, 0.1) is 0 Å². The van der Waals surface area contributed by atoms with Crippen molar-refractivity contribution in [1.29, 1.82) is 0 Å².